The SMILES string of the molecule is COc1nc(Oc2[nH]nnc2C(=O)O)ccc1C#CC(C)(C)C. The van der Waals surface area contributed by atoms with E-state index in [4.69, 9.17) is 14.6 Å². The molecule has 8 nitrogen and oxygen atoms in total. The normalized spacial score (nSPS) is 10.6. The molecule has 0 aliphatic rings. The smallest absolute Gasteiger partial charge is 0.362 e. The van der Waals surface area contributed by atoms with Crippen LogP contribution in [0, 0.1) is 17.3 Å². The van der Waals surface area contributed by atoms with Crippen molar-refractivity contribution in [1.82, 2.24) is 20.4 Å². The van der Waals surface area contributed by atoms with E-state index < -0.39 is 5.97 Å². The maximum absolute atomic E-state index is 11.0. The fourth-order valence-electron chi connectivity index (χ4n) is 1.52. The Morgan fingerprint density at radius 1 is 1.35 bits per heavy atom. The fourth-order valence-corrected chi connectivity index (χ4v) is 1.52. The highest BCUT2D eigenvalue weighted by Gasteiger charge is 2.18. The number of pyridine rings is 1. The number of H-pyrrole nitrogens is 1. The zero-order chi connectivity index (χ0) is 17.0. The molecule has 0 saturated heterocycles. The van der Waals surface area contributed by atoms with Crippen molar-refractivity contribution < 1.29 is 19.4 Å². The van der Waals surface area contributed by atoms with Gasteiger partial charge in [0.25, 0.3) is 5.88 Å². The molecule has 0 aliphatic heterocycles. The van der Waals surface area contributed by atoms with Crippen molar-refractivity contribution in [3.05, 3.63) is 23.4 Å². The molecular formula is C15H16N4O4. The number of ether oxygens (including phenoxy) is 2. The summed E-state index contributed by atoms with van der Waals surface area (Å²) in [6.07, 6.45) is 0. The number of nitrogens with zero attached hydrogens (tertiary/aromatic N) is 3. The van der Waals surface area contributed by atoms with Crippen LogP contribution in [0.15, 0.2) is 12.1 Å². The van der Waals surface area contributed by atoms with Crippen LogP contribution in [0.3, 0.4) is 0 Å². The minimum absolute atomic E-state index is 0.111. The number of hydrogen-bond acceptors (Lipinski definition) is 6. The van der Waals surface area contributed by atoms with Gasteiger partial charge >= 0.3 is 5.97 Å². The Morgan fingerprint density at radius 2 is 2.09 bits per heavy atom. The number of carboxylic acids is 1. The van der Waals surface area contributed by atoms with E-state index in [2.05, 4.69) is 32.2 Å². The predicted molar refractivity (Wildman–Crippen MR) is 80.5 cm³/mol. The van der Waals surface area contributed by atoms with E-state index in [1.807, 2.05) is 20.8 Å². The van der Waals surface area contributed by atoms with E-state index in [0.29, 0.717) is 5.56 Å². The standard InChI is InChI=1S/C15H16N4O4/c1-15(2,3)8-7-9-5-6-10(16-12(9)22-4)23-13-11(14(20)21)17-19-18-13/h5-6H,1-4H3,(H,20,21)(H,17,18,19). The van der Waals surface area contributed by atoms with Crippen LogP contribution >= 0.6 is 0 Å². The lowest BCUT2D eigenvalue weighted by atomic mass is 9.97. The van der Waals surface area contributed by atoms with Crippen LogP contribution in [0.2, 0.25) is 0 Å². The largest absolute Gasteiger partial charge is 0.480 e. The second-order valence-electron chi connectivity index (χ2n) is 5.60. The van der Waals surface area contributed by atoms with E-state index >= 15 is 0 Å². The van der Waals surface area contributed by atoms with E-state index in [1.165, 1.54) is 7.11 Å². The van der Waals surface area contributed by atoms with Crippen molar-refractivity contribution in [2.45, 2.75) is 20.8 Å². The molecule has 23 heavy (non-hydrogen) atoms. The molecule has 120 valence electrons. The van der Waals surface area contributed by atoms with Gasteiger partial charge in [0.1, 0.15) is 0 Å². The average molecular weight is 316 g/mol. The summed E-state index contributed by atoms with van der Waals surface area (Å²) < 4.78 is 10.5. The Kier molecular flexibility index (Phi) is 4.50. The maximum atomic E-state index is 11.0. The highest BCUT2D eigenvalue weighted by Crippen LogP contribution is 2.24. The molecule has 2 aromatic rings. The summed E-state index contributed by atoms with van der Waals surface area (Å²) in [5.74, 6) is 5.14. The van der Waals surface area contributed by atoms with Crippen molar-refractivity contribution in [3.63, 3.8) is 0 Å². The van der Waals surface area contributed by atoms with Crippen molar-refractivity contribution in [2.24, 2.45) is 5.41 Å². The second kappa shape index (κ2) is 6.36. The summed E-state index contributed by atoms with van der Waals surface area (Å²) in [7, 11) is 1.47. The van der Waals surface area contributed by atoms with Crippen LogP contribution in [0.1, 0.15) is 36.8 Å². The lowest BCUT2D eigenvalue weighted by Gasteiger charge is -2.08. The molecule has 8 heteroatoms. The Bertz CT molecular complexity index is 781. The minimum Gasteiger partial charge on any atom is -0.480 e. The van der Waals surface area contributed by atoms with Gasteiger partial charge in [0.2, 0.25) is 17.5 Å². The Hall–Kier alpha value is -3.08. The number of rotatable bonds is 4. The molecule has 0 aliphatic carbocycles. The molecule has 0 radical (unpaired) electrons. The summed E-state index contributed by atoms with van der Waals surface area (Å²) >= 11 is 0. The lowest BCUT2D eigenvalue weighted by molar-refractivity contribution is 0.0687. The molecule has 2 heterocycles. The number of carboxylic acid groups (broad SMARTS) is 1. The number of aromatic nitrogens is 4. The minimum atomic E-state index is -1.26. The Morgan fingerprint density at radius 3 is 2.70 bits per heavy atom. The predicted octanol–water partition coefficient (Wildman–Crippen LogP) is 2.10. The maximum Gasteiger partial charge on any atom is 0.362 e. The number of aromatic carboxylic acids is 1. The fraction of sp³-hybridized carbons (Fsp3) is 0.333. The van der Waals surface area contributed by atoms with Crippen molar-refractivity contribution in [2.75, 3.05) is 7.11 Å². The first-order valence-corrected chi connectivity index (χ1v) is 6.70. The van der Waals surface area contributed by atoms with Gasteiger partial charge in [-0.25, -0.2) is 9.89 Å². The van der Waals surface area contributed by atoms with Gasteiger partial charge < -0.3 is 14.6 Å². The summed E-state index contributed by atoms with van der Waals surface area (Å²) in [4.78, 5) is 15.1. The molecule has 0 aromatic carbocycles. The zero-order valence-corrected chi connectivity index (χ0v) is 13.2. The Labute approximate surface area is 132 Å². The van der Waals surface area contributed by atoms with Crippen LogP contribution in [0.4, 0.5) is 0 Å². The van der Waals surface area contributed by atoms with Crippen molar-refractivity contribution in [1.29, 1.82) is 0 Å². The first-order valence-electron chi connectivity index (χ1n) is 6.70. The number of hydrogen-bond donors (Lipinski definition) is 2. The van der Waals surface area contributed by atoms with Crippen LogP contribution in [-0.4, -0.2) is 38.6 Å². The number of methoxy groups -OCH3 is 1. The molecule has 0 unspecified atom stereocenters. The van der Waals surface area contributed by atoms with Gasteiger partial charge in [-0.3, -0.25) is 0 Å². The molecule has 2 rings (SSSR count). The van der Waals surface area contributed by atoms with Gasteiger partial charge in [-0.2, -0.15) is 4.98 Å². The second-order valence-corrected chi connectivity index (χ2v) is 5.60. The highest BCUT2D eigenvalue weighted by molar-refractivity contribution is 5.87. The van der Waals surface area contributed by atoms with Crippen LogP contribution in [0.5, 0.6) is 17.6 Å². The van der Waals surface area contributed by atoms with E-state index in [0.717, 1.165) is 0 Å². The monoisotopic (exact) mass is 316 g/mol. The molecule has 0 spiro atoms. The summed E-state index contributed by atoms with van der Waals surface area (Å²) in [6, 6.07) is 3.24. The number of nitrogens with one attached hydrogen (secondary N) is 1. The topological polar surface area (TPSA) is 110 Å². The Balaban J connectivity index is 2.30. The number of carbonyl (C=O) groups is 1. The van der Waals surface area contributed by atoms with Gasteiger partial charge in [0.15, 0.2) is 0 Å². The van der Waals surface area contributed by atoms with Gasteiger partial charge in [0.05, 0.1) is 12.7 Å². The lowest BCUT2D eigenvalue weighted by Crippen LogP contribution is -2.02. The quantitative estimate of drug-likeness (QED) is 0.831. The molecule has 0 saturated carbocycles. The molecule has 0 amide bonds. The molecule has 0 bridgehead atoms. The summed E-state index contributed by atoms with van der Waals surface area (Å²) in [6.45, 7) is 5.99. The molecule has 0 fully saturated rings. The third-order valence-corrected chi connectivity index (χ3v) is 2.53. The highest BCUT2D eigenvalue weighted by atomic mass is 16.5. The molecule has 0 atom stereocenters. The third-order valence-electron chi connectivity index (χ3n) is 2.53. The van der Waals surface area contributed by atoms with Crippen molar-refractivity contribution >= 4 is 5.97 Å². The summed E-state index contributed by atoms with van der Waals surface area (Å²) in [5, 5.41) is 18.1. The third kappa shape index (κ3) is 4.20. The van der Waals surface area contributed by atoms with Gasteiger partial charge in [-0.1, -0.05) is 17.1 Å². The first-order chi connectivity index (χ1) is 10.8. The van der Waals surface area contributed by atoms with Crippen LogP contribution < -0.4 is 9.47 Å². The zero-order valence-electron chi connectivity index (χ0n) is 13.2. The van der Waals surface area contributed by atoms with Crippen molar-refractivity contribution in [3.8, 4) is 29.5 Å². The van der Waals surface area contributed by atoms with E-state index in [1.54, 1.807) is 12.1 Å². The van der Waals surface area contributed by atoms with Gasteiger partial charge in [0, 0.05) is 11.5 Å². The summed E-state index contributed by atoms with van der Waals surface area (Å²) in [5.41, 5.74) is 0.122. The first kappa shape index (κ1) is 16.3. The van der Waals surface area contributed by atoms with Crippen LogP contribution in [-0.2, 0) is 0 Å². The van der Waals surface area contributed by atoms with Crippen LogP contribution in [0.25, 0.3) is 0 Å². The average Bonchev–Trinajstić information content (AvgIpc) is 2.93. The molecular weight excluding hydrogens is 300 g/mol. The van der Waals surface area contributed by atoms with E-state index in [-0.39, 0.29) is 28.7 Å². The molecule has 2 aromatic heterocycles. The van der Waals surface area contributed by atoms with Gasteiger partial charge in [-0.05, 0) is 26.8 Å². The van der Waals surface area contributed by atoms with E-state index in [9.17, 15) is 4.79 Å². The number of aromatic amines is 1. The van der Waals surface area contributed by atoms with Gasteiger partial charge in [-0.15, -0.1) is 5.10 Å². The molecule has 2 N–H and O–H groups in total.